The fourth-order valence-electron chi connectivity index (χ4n) is 3.59. The summed E-state index contributed by atoms with van der Waals surface area (Å²) in [5, 5.41) is 4.21. The molecule has 0 aliphatic carbocycles. The molecule has 0 unspecified atom stereocenters. The van der Waals surface area contributed by atoms with Gasteiger partial charge in [-0.3, -0.25) is 4.98 Å². The van der Waals surface area contributed by atoms with Gasteiger partial charge in [-0.1, -0.05) is 24.3 Å². The molecule has 1 aromatic carbocycles. The molecule has 2 aromatic heterocycles. The number of nitrogens with one attached hydrogen (secondary N) is 2. The van der Waals surface area contributed by atoms with Crippen LogP contribution in [0.15, 0.2) is 60.8 Å². The van der Waals surface area contributed by atoms with Gasteiger partial charge in [0.1, 0.15) is 0 Å². The molecule has 1 aliphatic heterocycles. The second-order valence-corrected chi connectivity index (χ2v) is 6.75. The Morgan fingerprint density at radius 1 is 1.04 bits per heavy atom. The molecule has 1 aliphatic rings. The van der Waals surface area contributed by atoms with E-state index in [2.05, 4.69) is 58.3 Å². The van der Waals surface area contributed by atoms with Crippen molar-refractivity contribution >= 4 is 23.0 Å². The van der Waals surface area contributed by atoms with Crippen molar-refractivity contribution in [3.05, 3.63) is 83.4 Å². The van der Waals surface area contributed by atoms with Crippen molar-refractivity contribution < 1.29 is 0 Å². The quantitative estimate of drug-likeness (QED) is 0.696. The van der Waals surface area contributed by atoms with Crippen LogP contribution in [0.2, 0.25) is 0 Å². The molecule has 4 nitrogen and oxygen atoms in total. The van der Waals surface area contributed by atoms with Gasteiger partial charge in [0.25, 0.3) is 0 Å². The van der Waals surface area contributed by atoms with Crippen molar-refractivity contribution in [2.45, 2.75) is 25.9 Å². The summed E-state index contributed by atoms with van der Waals surface area (Å²) >= 11 is 5.70. The molecule has 2 atom stereocenters. The minimum atomic E-state index is 0.00260. The Labute approximate surface area is 152 Å². The highest BCUT2D eigenvalue weighted by Gasteiger charge is 2.41. The van der Waals surface area contributed by atoms with Gasteiger partial charge in [-0.25, -0.2) is 0 Å². The predicted molar refractivity (Wildman–Crippen MR) is 105 cm³/mol. The van der Waals surface area contributed by atoms with Crippen molar-refractivity contribution in [1.29, 1.82) is 0 Å². The number of hydrogen-bond donors (Lipinski definition) is 2. The van der Waals surface area contributed by atoms with Gasteiger partial charge in [0.2, 0.25) is 0 Å². The number of benzene rings is 1. The van der Waals surface area contributed by atoms with Crippen molar-refractivity contribution in [3.8, 4) is 0 Å². The number of rotatable bonds is 3. The predicted octanol–water partition coefficient (Wildman–Crippen LogP) is 4.20. The third-order valence-corrected chi connectivity index (χ3v) is 4.96. The number of hydrogen-bond acceptors (Lipinski definition) is 2. The van der Waals surface area contributed by atoms with E-state index < -0.39 is 0 Å². The summed E-state index contributed by atoms with van der Waals surface area (Å²) in [6.45, 7) is 4.20. The third-order valence-electron chi connectivity index (χ3n) is 4.64. The van der Waals surface area contributed by atoms with Crippen LogP contribution in [-0.4, -0.2) is 15.1 Å². The normalized spacial score (nSPS) is 19.9. The lowest BCUT2D eigenvalue weighted by Gasteiger charge is -2.28. The van der Waals surface area contributed by atoms with Crippen LogP contribution in [0.3, 0.4) is 0 Å². The second-order valence-electron chi connectivity index (χ2n) is 6.36. The Balaban J connectivity index is 1.86. The van der Waals surface area contributed by atoms with Crippen molar-refractivity contribution in [3.63, 3.8) is 0 Å². The topological polar surface area (TPSA) is 44.0 Å². The van der Waals surface area contributed by atoms with Crippen molar-refractivity contribution in [1.82, 2.24) is 15.3 Å². The average molecular weight is 348 g/mol. The maximum Gasteiger partial charge on any atom is 0.174 e. The summed E-state index contributed by atoms with van der Waals surface area (Å²) in [4.78, 5) is 10.2. The zero-order valence-electron chi connectivity index (χ0n) is 14.2. The Morgan fingerprint density at radius 2 is 1.80 bits per heavy atom. The molecule has 0 spiro atoms. The fourth-order valence-corrected chi connectivity index (χ4v) is 3.94. The third kappa shape index (κ3) is 2.81. The lowest BCUT2D eigenvalue weighted by molar-refractivity contribution is 0.566. The van der Waals surface area contributed by atoms with Crippen LogP contribution in [0.1, 0.15) is 34.7 Å². The minimum absolute atomic E-state index is 0.00260. The first kappa shape index (κ1) is 15.8. The van der Waals surface area contributed by atoms with Gasteiger partial charge in [-0.15, -0.1) is 0 Å². The van der Waals surface area contributed by atoms with Crippen LogP contribution in [0.5, 0.6) is 0 Å². The Kier molecular flexibility index (Phi) is 4.01. The summed E-state index contributed by atoms with van der Waals surface area (Å²) in [6.07, 6.45) is 1.83. The zero-order valence-corrected chi connectivity index (χ0v) is 15.0. The van der Waals surface area contributed by atoms with Crippen LogP contribution >= 0.6 is 12.2 Å². The van der Waals surface area contributed by atoms with Crippen LogP contribution in [0, 0.1) is 13.8 Å². The maximum absolute atomic E-state index is 5.70. The zero-order chi connectivity index (χ0) is 17.4. The molecule has 3 aromatic rings. The highest BCUT2D eigenvalue weighted by Crippen LogP contribution is 2.42. The molecule has 5 heteroatoms. The SMILES string of the molecule is Cc1cc([C@@H]2[C@@H](c3ccccn3)NC(=S)N2c2ccccc2)c(C)[nH]1. The number of anilines is 1. The first-order chi connectivity index (χ1) is 12.1. The van der Waals surface area contributed by atoms with Crippen LogP contribution in [0.4, 0.5) is 5.69 Å². The van der Waals surface area contributed by atoms with Crippen LogP contribution in [-0.2, 0) is 0 Å². The first-order valence-corrected chi connectivity index (χ1v) is 8.78. The number of aryl methyl sites for hydroxylation is 2. The molecule has 1 fully saturated rings. The summed E-state index contributed by atoms with van der Waals surface area (Å²) in [5.41, 5.74) is 5.63. The number of aromatic nitrogens is 2. The standard InChI is InChI=1S/C20H20N4S/c1-13-12-16(14(2)22-13)19-18(17-10-6-7-11-21-17)23-20(25)24(19)15-8-4-3-5-9-15/h3-12,18-19,22H,1-2H3,(H,23,25)/t18-,19-/m1/s1. The number of aromatic amines is 1. The monoisotopic (exact) mass is 348 g/mol. The molecule has 126 valence electrons. The Bertz CT molecular complexity index is 889. The average Bonchev–Trinajstić information content (AvgIpc) is 3.15. The van der Waals surface area contributed by atoms with E-state index in [1.807, 2.05) is 36.5 Å². The van der Waals surface area contributed by atoms with E-state index in [9.17, 15) is 0 Å². The molecule has 0 amide bonds. The van der Waals surface area contributed by atoms with Crippen molar-refractivity contribution in [2.75, 3.05) is 4.90 Å². The molecule has 0 radical (unpaired) electrons. The molecule has 0 bridgehead atoms. The lowest BCUT2D eigenvalue weighted by Crippen LogP contribution is -2.29. The summed E-state index contributed by atoms with van der Waals surface area (Å²) in [5.74, 6) is 0. The van der Waals surface area contributed by atoms with E-state index in [1.54, 1.807) is 0 Å². The molecule has 0 saturated carbocycles. The molecule has 3 heterocycles. The summed E-state index contributed by atoms with van der Waals surface area (Å²) in [7, 11) is 0. The molecule has 4 rings (SSSR count). The van der Waals surface area contributed by atoms with E-state index in [0.717, 1.165) is 27.9 Å². The highest BCUT2D eigenvalue weighted by molar-refractivity contribution is 7.80. The van der Waals surface area contributed by atoms with Gasteiger partial charge in [-0.2, -0.15) is 0 Å². The molecular weight excluding hydrogens is 328 g/mol. The number of pyridine rings is 1. The van der Waals surface area contributed by atoms with Gasteiger partial charge >= 0.3 is 0 Å². The van der Waals surface area contributed by atoms with Gasteiger partial charge in [-0.05, 0) is 62.0 Å². The summed E-state index contributed by atoms with van der Waals surface area (Å²) in [6, 6.07) is 18.6. The van der Waals surface area contributed by atoms with E-state index in [0.29, 0.717) is 0 Å². The molecular formula is C20H20N4S. The van der Waals surface area contributed by atoms with E-state index in [-0.39, 0.29) is 12.1 Å². The molecule has 25 heavy (non-hydrogen) atoms. The maximum atomic E-state index is 5.70. The molecule has 2 N–H and O–H groups in total. The summed E-state index contributed by atoms with van der Waals surface area (Å²) < 4.78 is 0. The smallest absolute Gasteiger partial charge is 0.174 e. The van der Waals surface area contributed by atoms with Gasteiger partial charge < -0.3 is 15.2 Å². The highest BCUT2D eigenvalue weighted by atomic mass is 32.1. The van der Waals surface area contributed by atoms with Crippen molar-refractivity contribution in [2.24, 2.45) is 0 Å². The van der Waals surface area contributed by atoms with E-state index >= 15 is 0 Å². The first-order valence-electron chi connectivity index (χ1n) is 8.37. The minimum Gasteiger partial charge on any atom is -0.362 e. The number of nitrogens with zero attached hydrogens (tertiary/aromatic N) is 2. The van der Waals surface area contributed by atoms with Gasteiger partial charge in [0.15, 0.2) is 5.11 Å². The number of H-pyrrole nitrogens is 1. The van der Waals surface area contributed by atoms with E-state index in [1.165, 1.54) is 5.56 Å². The Morgan fingerprint density at radius 3 is 2.44 bits per heavy atom. The van der Waals surface area contributed by atoms with E-state index in [4.69, 9.17) is 12.2 Å². The van der Waals surface area contributed by atoms with Crippen LogP contribution < -0.4 is 10.2 Å². The Hall–Kier alpha value is -2.66. The second kappa shape index (κ2) is 6.33. The number of thiocarbonyl (C=S) groups is 1. The fraction of sp³-hybridized carbons (Fsp3) is 0.200. The van der Waals surface area contributed by atoms with Gasteiger partial charge in [0, 0.05) is 23.3 Å². The number of para-hydroxylation sites is 1. The molecule has 1 saturated heterocycles. The van der Waals surface area contributed by atoms with Crippen LogP contribution in [0.25, 0.3) is 0 Å². The lowest BCUT2D eigenvalue weighted by atomic mass is 9.96. The largest absolute Gasteiger partial charge is 0.362 e. The van der Waals surface area contributed by atoms with Gasteiger partial charge in [0.05, 0.1) is 17.8 Å².